The zero-order valence-electron chi connectivity index (χ0n) is 14.2. The highest BCUT2D eigenvalue weighted by molar-refractivity contribution is 6.32. The van der Waals surface area contributed by atoms with Crippen molar-refractivity contribution in [2.24, 2.45) is 0 Å². The Balaban J connectivity index is 2.57. The number of esters is 1. The van der Waals surface area contributed by atoms with E-state index in [1.165, 1.54) is 6.92 Å². The SMILES string of the molecule is COC(=O)C(C)Oc1cc(-n2ncc(C(F)(F)F)c(C)c2=O)c(F)cc1Cl. The third-order valence-electron chi connectivity index (χ3n) is 3.59. The number of halogens is 5. The summed E-state index contributed by atoms with van der Waals surface area (Å²) in [5.41, 5.74) is -3.54. The third kappa shape index (κ3) is 4.21. The highest BCUT2D eigenvalue weighted by atomic mass is 35.5. The maximum Gasteiger partial charge on any atom is 0.418 e. The molecule has 1 heterocycles. The summed E-state index contributed by atoms with van der Waals surface area (Å²) in [6.45, 7) is 2.30. The Kier molecular flexibility index (Phi) is 5.79. The fraction of sp³-hybridized carbons (Fsp3) is 0.312. The molecule has 0 aliphatic heterocycles. The zero-order chi connectivity index (χ0) is 20.5. The van der Waals surface area contributed by atoms with E-state index in [1.807, 2.05) is 0 Å². The number of nitrogens with zero attached hydrogens (tertiary/aromatic N) is 2. The molecule has 0 N–H and O–H groups in total. The standard InChI is InChI=1S/C16H13ClF4N2O4/c1-7-9(16(19,20)21)6-22-23(14(7)24)12-5-13(10(17)4-11(12)18)27-8(2)15(25)26-3/h4-6,8H,1-3H3. The van der Waals surface area contributed by atoms with Gasteiger partial charge in [-0.2, -0.15) is 23.0 Å². The summed E-state index contributed by atoms with van der Waals surface area (Å²) in [5.74, 6) is -1.94. The maximum absolute atomic E-state index is 14.3. The van der Waals surface area contributed by atoms with E-state index < -0.39 is 46.4 Å². The Hall–Kier alpha value is -2.62. The van der Waals surface area contributed by atoms with E-state index in [4.69, 9.17) is 16.3 Å². The molecule has 1 atom stereocenters. The third-order valence-corrected chi connectivity index (χ3v) is 3.89. The van der Waals surface area contributed by atoms with Crippen molar-refractivity contribution in [3.8, 4) is 11.4 Å². The van der Waals surface area contributed by atoms with Crippen molar-refractivity contribution in [3.63, 3.8) is 0 Å². The van der Waals surface area contributed by atoms with Crippen LogP contribution in [-0.2, 0) is 15.7 Å². The molecule has 0 amide bonds. The molecule has 1 aromatic heterocycles. The summed E-state index contributed by atoms with van der Waals surface area (Å²) in [6.07, 6.45) is -5.47. The van der Waals surface area contributed by atoms with Crippen LogP contribution in [0.5, 0.6) is 5.75 Å². The van der Waals surface area contributed by atoms with Gasteiger partial charge in [0.1, 0.15) is 11.4 Å². The number of alkyl halides is 3. The Morgan fingerprint density at radius 1 is 1.33 bits per heavy atom. The molecule has 1 aromatic carbocycles. The normalized spacial score (nSPS) is 12.6. The minimum absolute atomic E-state index is 0.183. The number of ether oxygens (including phenoxy) is 2. The molecule has 0 radical (unpaired) electrons. The summed E-state index contributed by atoms with van der Waals surface area (Å²) < 4.78 is 63.1. The topological polar surface area (TPSA) is 70.4 Å². The van der Waals surface area contributed by atoms with Crippen LogP contribution in [0.1, 0.15) is 18.1 Å². The molecule has 27 heavy (non-hydrogen) atoms. The second-order valence-electron chi connectivity index (χ2n) is 5.42. The van der Waals surface area contributed by atoms with E-state index in [0.29, 0.717) is 10.9 Å². The van der Waals surface area contributed by atoms with E-state index >= 15 is 0 Å². The maximum atomic E-state index is 14.3. The fourth-order valence-corrected chi connectivity index (χ4v) is 2.37. The molecule has 0 saturated carbocycles. The van der Waals surface area contributed by atoms with E-state index in [0.717, 1.165) is 26.2 Å². The summed E-state index contributed by atoms with van der Waals surface area (Å²) in [5, 5.41) is 3.17. The molecular weight excluding hydrogens is 396 g/mol. The number of benzene rings is 1. The minimum Gasteiger partial charge on any atom is -0.477 e. The number of hydrogen-bond acceptors (Lipinski definition) is 5. The van der Waals surface area contributed by atoms with Crippen LogP contribution < -0.4 is 10.3 Å². The second-order valence-corrected chi connectivity index (χ2v) is 5.82. The first-order valence-electron chi connectivity index (χ1n) is 7.37. The number of methoxy groups -OCH3 is 1. The summed E-state index contributed by atoms with van der Waals surface area (Å²) in [7, 11) is 1.13. The van der Waals surface area contributed by atoms with Crippen LogP contribution in [0.3, 0.4) is 0 Å². The predicted octanol–water partition coefficient (Wildman–Crippen LogP) is 3.29. The number of carbonyl (C=O) groups excluding carboxylic acids is 1. The van der Waals surface area contributed by atoms with Crippen molar-refractivity contribution >= 4 is 17.6 Å². The first kappa shape index (κ1) is 20.7. The number of aromatic nitrogens is 2. The molecule has 2 aromatic rings. The van der Waals surface area contributed by atoms with Crippen molar-refractivity contribution in [2.45, 2.75) is 26.1 Å². The summed E-state index contributed by atoms with van der Waals surface area (Å²) in [4.78, 5) is 23.7. The van der Waals surface area contributed by atoms with Crippen molar-refractivity contribution in [1.29, 1.82) is 0 Å². The van der Waals surface area contributed by atoms with Crippen LogP contribution in [0.4, 0.5) is 17.6 Å². The molecule has 0 aliphatic rings. The van der Waals surface area contributed by atoms with Gasteiger partial charge in [-0.15, -0.1) is 0 Å². The van der Waals surface area contributed by atoms with Crippen LogP contribution in [-0.4, -0.2) is 29.0 Å². The lowest BCUT2D eigenvalue weighted by Crippen LogP contribution is -2.28. The van der Waals surface area contributed by atoms with Crippen LogP contribution >= 0.6 is 11.6 Å². The molecular formula is C16H13ClF4N2O4. The van der Waals surface area contributed by atoms with Gasteiger partial charge in [0.05, 0.1) is 23.9 Å². The van der Waals surface area contributed by atoms with Crippen molar-refractivity contribution in [2.75, 3.05) is 7.11 Å². The van der Waals surface area contributed by atoms with Gasteiger partial charge in [0.2, 0.25) is 0 Å². The molecule has 1 unspecified atom stereocenters. The molecule has 0 spiro atoms. The molecule has 2 rings (SSSR count). The van der Waals surface area contributed by atoms with E-state index in [9.17, 15) is 27.2 Å². The molecule has 0 saturated heterocycles. The van der Waals surface area contributed by atoms with Crippen molar-refractivity contribution < 1.29 is 31.8 Å². The van der Waals surface area contributed by atoms with Crippen LogP contribution in [0.2, 0.25) is 5.02 Å². The largest absolute Gasteiger partial charge is 0.477 e. The summed E-state index contributed by atoms with van der Waals surface area (Å²) in [6, 6.07) is 1.75. The number of hydrogen-bond donors (Lipinski definition) is 0. The average Bonchev–Trinajstić information content (AvgIpc) is 2.58. The number of carbonyl (C=O) groups is 1. The van der Waals surface area contributed by atoms with Gasteiger partial charge in [-0.05, 0) is 19.9 Å². The van der Waals surface area contributed by atoms with Gasteiger partial charge < -0.3 is 9.47 Å². The van der Waals surface area contributed by atoms with Gasteiger partial charge in [-0.25, -0.2) is 9.18 Å². The zero-order valence-corrected chi connectivity index (χ0v) is 15.0. The van der Waals surface area contributed by atoms with Crippen molar-refractivity contribution in [3.05, 3.63) is 50.7 Å². The van der Waals surface area contributed by atoms with Gasteiger partial charge in [-0.3, -0.25) is 4.79 Å². The van der Waals surface area contributed by atoms with Gasteiger partial charge >= 0.3 is 12.1 Å². The van der Waals surface area contributed by atoms with Gasteiger partial charge in [-0.1, -0.05) is 11.6 Å². The van der Waals surface area contributed by atoms with Crippen LogP contribution in [0, 0.1) is 12.7 Å². The average molecular weight is 409 g/mol. The van der Waals surface area contributed by atoms with Crippen LogP contribution in [0.25, 0.3) is 5.69 Å². The highest BCUT2D eigenvalue weighted by Gasteiger charge is 2.34. The van der Waals surface area contributed by atoms with E-state index in [1.54, 1.807) is 0 Å². The smallest absolute Gasteiger partial charge is 0.418 e. The second kappa shape index (κ2) is 7.55. The monoisotopic (exact) mass is 408 g/mol. The molecule has 11 heteroatoms. The Morgan fingerprint density at radius 2 is 1.96 bits per heavy atom. The Morgan fingerprint density at radius 3 is 2.52 bits per heavy atom. The van der Waals surface area contributed by atoms with Crippen molar-refractivity contribution in [1.82, 2.24) is 9.78 Å². The van der Waals surface area contributed by atoms with Gasteiger partial charge in [0.25, 0.3) is 5.56 Å². The fourth-order valence-electron chi connectivity index (χ4n) is 2.17. The quantitative estimate of drug-likeness (QED) is 0.573. The molecule has 0 bridgehead atoms. The molecule has 6 nitrogen and oxygen atoms in total. The highest BCUT2D eigenvalue weighted by Crippen LogP contribution is 2.32. The lowest BCUT2D eigenvalue weighted by atomic mass is 10.2. The minimum atomic E-state index is -4.78. The molecule has 0 aliphatic carbocycles. The first-order chi connectivity index (χ1) is 12.5. The lowest BCUT2D eigenvalue weighted by Gasteiger charge is -2.16. The van der Waals surface area contributed by atoms with Gasteiger partial charge in [0.15, 0.2) is 11.9 Å². The Labute approximate surface area is 155 Å². The predicted molar refractivity (Wildman–Crippen MR) is 86.6 cm³/mol. The molecule has 146 valence electrons. The summed E-state index contributed by atoms with van der Waals surface area (Å²) >= 11 is 5.86. The number of rotatable bonds is 4. The van der Waals surface area contributed by atoms with E-state index in [-0.39, 0.29) is 10.8 Å². The first-order valence-corrected chi connectivity index (χ1v) is 7.75. The van der Waals surface area contributed by atoms with E-state index in [2.05, 4.69) is 9.84 Å². The van der Waals surface area contributed by atoms with Gasteiger partial charge in [0, 0.05) is 11.6 Å². The van der Waals surface area contributed by atoms with Crippen LogP contribution in [0.15, 0.2) is 23.1 Å². The Bertz CT molecular complexity index is 943. The lowest BCUT2D eigenvalue weighted by molar-refractivity contribution is -0.147. The molecule has 0 fully saturated rings.